The maximum atomic E-state index is 5.99. The molecule has 1 aliphatic heterocycles. The van der Waals surface area contributed by atoms with Gasteiger partial charge in [0.1, 0.15) is 0 Å². The van der Waals surface area contributed by atoms with Gasteiger partial charge < -0.3 is 5.73 Å². The van der Waals surface area contributed by atoms with E-state index in [2.05, 4.69) is 58.9 Å². The van der Waals surface area contributed by atoms with Crippen molar-refractivity contribution in [3.8, 4) is 0 Å². The van der Waals surface area contributed by atoms with E-state index in [1.54, 1.807) is 0 Å². The van der Waals surface area contributed by atoms with Crippen LogP contribution in [0.5, 0.6) is 0 Å². The summed E-state index contributed by atoms with van der Waals surface area (Å²) in [6, 6.07) is 9.45. The van der Waals surface area contributed by atoms with E-state index in [4.69, 9.17) is 5.73 Å². The molecule has 0 bridgehead atoms. The first-order chi connectivity index (χ1) is 8.08. The third kappa shape index (κ3) is 3.70. The first kappa shape index (κ1) is 16.0. The predicted molar refractivity (Wildman–Crippen MR) is 83.1 cm³/mol. The molecule has 1 fully saturated rings. The highest BCUT2D eigenvalue weighted by atomic mass is 79.9. The summed E-state index contributed by atoms with van der Waals surface area (Å²) < 4.78 is 1.14. The largest absolute Gasteiger partial charge is 0.328 e. The van der Waals surface area contributed by atoms with Crippen LogP contribution in [0.15, 0.2) is 28.7 Å². The summed E-state index contributed by atoms with van der Waals surface area (Å²) in [6.45, 7) is 6.71. The fourth-order valence-electron chi connectivity index (χ4n) is 2.55. The van der Waals surface area contributed by atoms with E-state index in [0.717, 1.165) is 11.0 Å². The van der Waals surface area contributed by atoms with E-state index in [-0.39, 0.29) is 12.4 Å². The zero-order valence-electron chi connectivity index (χ0n) is 11.0. The van der Waals surface area contributed by atoms with Crippen LogP contribution in [0.3, 0.4) is 0 Å². The van der Waals surface area contributed by atoms with E-state index in [9.17, 15) is 0 Å². The highest BCUT2D eigenvalue weighted by molar-refractivity contribution is 9.10. The molecule has 0 spiro atoms. The quantitative estimate of drug-likeness (QED) is 0.915. The Kier molecular flexibility index (Phi) is 6.12. The molecule has 18 heavy (non-hydrogen) atoms. The van der Waals surface area contributed by atoms with Crippen LogP contribution in [0.25, 0.3) is 0 Å². The van der Waals surface area contributed by atoms with Crippen LogP contribution < -0.4 is 5.73 Å². The Hall–Kier alpha value is -0.0900. The predicted octanol–water partition coefficient (Wildman–Crippen LogP) is 3.60. The molecule has 0 aliphatic carbocycles. The summed E-state index contributed by atoms with van der Waals surface area (Å²) >= 11 is 3.48. The van der Waals surface area contributed by atoms with Crippen molar-refractivity contribution < 1.29 is 0 Å². The Morgan fingerprint density at radius 2 is 1.89 bits per heavy atom. The summed E-state index contributed by atoms with van der Waals surface area (Å²) in [7, 11) is 0. The van der Waals surface area contributed by atoms with Gasteiger partial charge in [0.15, 0.2) is 0 Å². The normalized spacial score (nSPS) is 23.4. The topological polar surface area (TPSA) is 29.3 Å². The minimum Gasteiger partial charge on any atom is -0.328 e. The number of halogens is 2. The van der Waals surface area contributed by atoms with Crippen LogP contribution in [0.2, 0.25) is 0 Å². The van der Waals surface area contributed by atoms with Crippen molar-refractivity contribution in [1.82, 2.24) is 4.90 Å². The van der Waals surface area contributed by atoms with Crippen molar-refractivity contribution in [3.63, 3.8) is 0 Å². The van der Waals surface area contributed by atoms with Gasteiger partial charge in [-0.05, 0) is 50.4 Å². The maximum absolute atomic E-state index is 5.99. The fraction of sp³-hybridized carbons (Fsp3) is 0.571. The maximum Gasteiger partial charge on any atom is 0.0320 e. The van der Waals surface area contributed by atoms with Crippen LogP contribution in [-0.4, -0.2) is 24.0 Å². The van der Waals surface area contributed by atoms with E-state index in [0.29, 0.717) is 18.0 Å². The van der Waals surface area contributed by atoms with Gasteiger partial charge in [-0.1, -0.05) is 28.1 Å². The number of hydrogen-bond donors (Lipinski definition) is 1. The second kappa shape index (κ2) is 6.90. The third-order valence-electron chi connectivity index (χ3n) is 3.90. The molecule has 1 heterocycles. The Morgan fingerprint density at radius 3 is 2.39 bits per heavy atom. The summed E-state index contributed by atoms with van der Waals surface area (Å²) in [5.41, 5.74) is 7.37. The SMILES string of the molecule is CC(N)C1CCN(C(C)c2ccc(Br)cc2)C1.Cl. The third-order valence-corrected chi connectivity index (χ3v) is 4.43. The van der Waals surface area contributed by atoms with Gasteiger partial charge in [-0.25, -0.2) is 0 Å². The molecular formula is C14H22BrClN2. The van der Waals surface area contributed by atoms with Gasteiger partial charge in [0.05, 0.1) is 0 Å². The molecular weight excluding hydrogens is 312 g/mol. The van der Waals surface area contributed by atoms with E-state index < -0.39 is 0 Å². The lowest BCUT2D eigenvalue weighted by Crippen LogP contribution is -2.30. The second-order valence-corrected chi connectivity index (χ2v) is 6.05. The molecule has 3 unspecified atom stereocenters. The molecule has 1 aromatic rings. The monoisotopic (exact) mass is 332 g/mol. The summed E-state index contributed by atoms with van der Waals surface area (Å²) in [5.74, 6) is 0.660. The Balaban J connectivity index is 0.00000162. The van der Waals surface area contributed by atoms with Gasteiger partial charge in [0.2, 0.25) is 0 Å². The standard InChI is InChI=1S/C14H21BrN2.ClH/c1-10(16)13-7-8-17(9-13)11(2)12-3-5-14(15)6-4-12;/h3-6,10-11,13H,7-9,16H2,1-2H3;1H. The van der Waals surface area contributed by atoms with Gasteiger partial charge in [-0.15, -0.1) is 12.4 Å². The first-order valence-electron chi connectivity index (χ1n) is 6.33. The van der Waals surface area contributed by atoms with Crippen molar-refractivity contribution in [2.45, 2.75) is 32.4 Å². The molecule has 0 aromatic heterocycles. The fourth-order valence-corrected chi connectivity index (χ4v) is 2.81. The van der Waals surface area contributed by atoms with Gasteiger partial charge >= 0.3 is 0 Å². The number of rotatable bonds is 3. The van der Waals surface area contributed by atoms with Gasteiger partial charge in [0.25, 0.3) is 0 Å². The smallest absolute Gasteiger partial charge is 0.0320 e. The van der Waals surface area contributed by atoms with Crippen LogP contribution in [-0.2, 0) is 0 Å². The lowest BCUT2D eigenvalue weighted by Gasteiger charge is -2.25. The van der Waals surface area contributed by atoms with Crippen LogP contribution in [0, 0.1) is 5.92 Å². The zero-order valence-corrected chi connectivity index (χ0v) is 13.4. The van der Waals surface area contributed by atoms with E-state index in [1.807, 2.05) is 0 Å². The molecule has 3 atom stereocenters. The number of benzene rings is 1. The number of nitrogens with zero attached hydrogens (tertiary/aromatic N) is 1. The lowest BCUT2D eigenvalue weighted by molar-refractivity contribution is 0.248. The second-order valence-electron chi connectivity index (χ2n) is 5.13. The van der Waals surface area contributed by atoms with Crippen molar-refractivity contribution in [2.24, 2.45) is 11.7 Å². The molecule has 0 amide bonds. The highest BCUT2D eigenvalue weighted by Crippen LogP contribution is 2.28. The van der Waals surface area contributed by atoms with Crippen LogP contribution in [0.4, 0.5) is 0 Å². The van der Waals surface area contributed by atoms with Gasteiger partial charge in [0, 0.05) is 23.1 Å². The van der Waals surface area contributed by atoms with Crippen molar-refractivity contribution in [3.05, 3.63) is 34.3 Å². The van der Waals surface area contributed by atoms with Gasteiger partial charge in [-0.3, -0.25) is 4.90 Å². The molecule has 2 nitrogen and oxygen atoms in total. The molecule has 0 saturated carbocycles. The minimum absolute atomic E-state index is 0. The van der Waals surface area contributed by atoms with Crippen molar-refractivity contribution in [2.75, 3.05) is 13.1 Å². The lowest BCUT2D eigenvalue weighted by atomic mass is 10.0. The number of likely N-dealkylation sites (tertiary alicyclic amines) is 1. The van der Waals surface area contributed by atoms with Crippen molar-refractivity contribution >= 4 is 28.3 Å². The van der Waals surface area contributed by atoms with Gasteiger partial charge in [-0.2, -0.15) is 0 Å². The number of hydrogen-bond acceptors (Lipinski definition) is 2. The van der Waals surface area contributed by atoms with Crippen molar-refractivity contribution in [1.29, 1.82) is 0 Å². The Labute approximate surface area is 124 Å². The van der Waals surface area contributed by atoms with E-state index >= 15 is 0 Å². The summed E-state index contributed by atoms with van der Waals surface area (Å²) in [5, 5.41) is 0. The molecule has 2 rings (SSSR count). The average Bonchev–Trinajstić information content (AvgIpc) is 2.78. The molecule has 1 aliphatic rings. The van der Waals surface area contributed by atoms with Crippen LogP contribution in [0.1, 0.15) is 31.9 Å². The zero-order chi connectivity index (χ0) is 12.4. The highest BCUT2D eigenvalue weighted by Gasteiger charge is 2.28. The molecule has 2 N–H and O–H groups in total. The van der Waals surface area contributed by atoms with Crippen LogP contribution >= 0.6 is 28.3 Å². The molecule has 1 saturated heterocycles. The average molecular weight is 334 g/mol. The Morgan fingerprint density at radius 1 is 1.28 bits per heavy atom. The number of nitrogens with two attached hydrogens (primary N) is 1. The summed E-state index contributed by atoms with van der Waals surface area (Å²) in [6.07, 6.45) is 1.23. The molecule has 1 aromatic carbocycles. The first-order valence-corrected chi connectivity index (χ1v) is 7.12. The summed E-state index contributed by atoms with van der Waals surface area (Å²) in [4.78, 5) is 2.54. The molecule has 0 radical (unpaired) electrons. The molecule has 4 heteroatoms. The minimum atomic E-state index is 0. The van der Waals surface area contributed by atoms with E-state index in [1.165, 1.54) is 18.5 Å². The Bertz CT molecular complexity index is 367. The molecule has 102 valence electrons.